The van der Waals surface area contributed by atoms with Crippen molar-refractivity contribution in [2.24, 2.45) is 11.1 Å². The average Bonchev–Trinajstić information content (AvgIpc) is 2.46. The molecule has 20 heavy (non-hydrogen) atoms. The van der Waals surface area contributed by atoms with Crippen molar-refractivity contribution in [3.63, 3.8) is 0 Å². The molecular formula is C13H19N3O3S. The number of aromatic nitrogens is 1. The van der Waals surface area contributed by atoms with Crippen LogP contribution < -0.4 is 0 Å². The Balaban J connectivity index is 1.97. The van der Waals surface area contributed by atoms with E-state index in [0.29, 0.717) is 31.6 Å². The minimum absolute atomic E-state index is 0.0432. The van der Waals surface area contributed by atoms with Crippen molar-refractivity contribution < 1.29 is 13.6 Å². The molecule has 0 bridgehead atoms. The zero-order chi connectivity index (χ0) is 14.6. The lowest BCUT2D eigenvalue weighted by Crippen LogP contribution is -2.44. The predicted octanol–water partition coefficient (Wildman–Crippen LogP) is 1.13. The molecular weight excluding hydrogens is 278 g/mol. The first kappa shape index (κ1) is 14.9. The van der Waals surface area contributed by atoms with Gasteiger partial charge in [-0.3, -0.25) is 4.98 Å². The predicted molar refractivity (Wildman–Crippen MR) is 76.3 cm³/mol. The SMILES string of the molecule is CC1CN(S(=O)(=O)CCc2ccccn2)CC/C1=N\O. The van der Waals surface area contributed by atoms with Gasteiger partial charge in [-0.05, 0) is 12.1 Å². The minimum Gasteiger partial charge on any atom is -0.411 e. The summed E-state index contributed by atoms with van der Waals surface area (Å²) in [6, 6.07) is 5.48. The highest BCUT2D eigenvalue weighted by Crippen LogP contribution is 2.17. The van der Waals surface area contributed by atoms with E-state index in [1.807, 2.05) is 19.1 Å². The number of hydrogen-bond donors (Lipinski definition) is 1. The van der Waals surface area contributed by atoms with Gasteiger partial charge in [-0.2, -0.15) is 0 Å². The van der Waals surface area contributed by atoms with Crippen LogP contribution in [-0.4, -0.2) is 47.5 Å². The molecule has 1 aromatic rings. The van der Waals surface area contributed by atoms with E-state index < -0.39 is 10.0 Å². The number of piperidine rings is 1. The number of sulfonamides is 1. The van der Waals surface area contributed by atoms with E-state index in [9.17, 15) is 8.42 Å². The maximum Gasteiger partial charge on any atom is 0.214 e. The Hall–Kier alpha value is -1.47. The van der Waals surface area contributed by atoms with Crippen LogP contribution in [0, 0.1) is 5.92 Å². The van der Waals surface area contributed by atoms with Crippen molar-refractivity contribution in [2.75, 3.05) is 18.8 Å². The Bertz CT molecular complexity index is 572. The quantitative estimate of drug-likeness (QED) is 0.667. The van der Waals surface area contributed by atoms with Crippen LogP contribution in [-0.2, 0) is 16.4 Å². The van der Waals surface area contributed by atoms with Crippen molar-refractivity contribution in [1.29, 1.82) is 0 Å². The monoisotopic (exact) mass is 297 g/mol. The summed E-state index contributed by atoms with van der Waals surface area (Å²) in [5.74, 6) is 0.0147. The third-order valence-corrected chi connectivity index (χ3v) is 5.37. The highest BCUT2D eigenvalue weighted by Gasteiger charge is 2.30. The zero-order valence-electron chi connectivity index (χ0n) is 11.4. The Morgan fingerprint density at radius 3 is 2.90 bits per heavy atom. The molecule has 1 unspecified atom stereocenters. The molecule has 0 aliphatic carbocycles. The highest BCUT2D eigenvalue weighted by atomic mass is 32.2. The van der Waals surface area contributed by atoms with E-state index in [-0.39, 0.29) is 11.7 Å². The van der Waals surface area contributed by atoms with Crippen molar-refractivity contribution in [3.8, 4) is 0 Å². The highest BCUT2D eigenvalue weighted by molar-refractivity contribution is 7.89. The van der Waals surface area contributed by atoms with Crippen molar-refractivity contribution in [1.82, 2.24) is 9.29 Å². The molecule has 1 atom stereocenters. The van der Waals surface area contributed by atoms with E-state index >= 15 is 0 Å². The van der Waals surface area contributed by atoms with E-state index in [2.05, 4.69) is 10.1 Å². The standard InChI is InChI=1S/C13H19N3O3S/c1-11-10-16(8-5-13(11)15-17)20(18,19)9-6-12-4-2-3-7-14-12/h2-4,7,11,17H,5-6,8-10H2,1H3/b15-13+. The average molecular weight is 297 g/mol. The van der Waals surface area contributed by atoms with E-state index in [0.717, 1.165) is 5.69 Å². The molecule has 1 N–H and O–H groups in total. The second-order valence-electron chi connectivity index (χ2n) is 4.99. The Labute approximate surface area is 119 Å². The Kier molecular flexibility index (Phi) is 4.72. The second kappa shape index (κ2) is 6.32. The molecule has 0 saturated carbocycles. The van der Waals surface area contributed by atoms with Crippen molar-refractivity contribution in [3.05, 3.63) is 30.1 Å². The first-order chi connectivity index (χ1) is 9.53. The van der Waals surface area contributed by atoms with Crippen LogP contribution in [0.15, 0.2) is 29.6 Å². The molecule has 1 aliphatic rings. The maximum absolute atomic E-state index is 12.3. The Morgan fingerprint density at radius 1 is 1.50 bits per heavy atom. The number of oxime groups is 1. The zero-order valence-corrected chi connectivity index (χ0v) is 12.3. The van der Waals surface area contributed by atoms with Gasteiger partial charge in [0.2, 0.25) is 10.0 Å². The van der Waals surface area contributed by atoms with Crippen LogP contribution in [0.4, 0.5) is 0 Å². The summed E-state index contributed by atoms with van der Waals surface area (Å²) >= 11 is 0. The van der Waals surface area contributed by atoms with Gasteiger partial charge < -0.3 is 5.21 Å². The molecule has 0 amide bonds. The molecule has 0 radical (unpaired) electrons. The molecule has 110 valence electrons. The fourth-order valence-corrected chi connectivity index (χ4v) is 3.84. The fourth-order valence-electron chi connectivity index (χ4n) is 2.30. The summed E-state index contributed by atoms with van der Waals surface area (Å²) in [6.45, 7) is 2.63. The molecule has 1 saturated heterocycles. The van der Waals surface area contributed by atoms with Gasteiger partial charge >= 0.3 is 0 Å². The van der Waals surface area contributed by atoms with Crippen LogP contribution in [0.1, 0.15) is 19.0 Å². The smallest absolute Gasteiger partial charge is 0.214 e. The third-order valence-electron chi connectivity index (χ3n) is 3.53. The van der Waals surface area contributed by atoms with Gasteiger partial charge in [0.15, 0.2) is 0 Å². The van der Waals surface area contributed by atoms with Gasteiger partial charge in [0.05, 0.1) is 11.5 Å². The van der Waals surface area contributed by atoms with E-state index in [1.54, 1.807) is 12.3 Å². The number of pyridine rings is 1. The largest absolute Gasteiger partial charge is 0.411 e. The third kappa shape index (κ3) is 3.55. The van der Waals surface area contributed by atoms with Crippen LogP contribution in [0.5, 0.6) is 0 Å². The van der Waals surface area contributed by atoms with Gasteiger partial charge in [0, 0.05) is 43.7 Å². The molecule has 0 spiro atoms. The van der Waals surface area contributed by atoms with Gasteiger partial charge in [-0.25, -0.2) is 12.7 Å². The lowest BCUT2D eigenvalue weighted by Gasteiger charge is -2.30. The summed E-state index contributed by atoms with van der Waals surface area (Å²) in [5.41, 5.74) is 1.44. The lowest BCUT2D eigenvalue weighted by atomic mass is 10.00. The molecule has 6 nitrogen and oxygen atoms in total. The number of aryl methyl sites for hydroxylation is 1. The van der Waals surface area contributed by atoms with Crippen LogP contribution in [0.25, 0.3) is 0 Å². The molecule has 0 aromatic carbocycles. The number of nitrogens with zero attached hydrogens (tertiary/aromatic N) is 3. The van der Waals surface area contributed by atoms with Gasteiger partial charge in [0.25, 0.3) is 0 Å². The normalized spacial score (nSPS) is 23.1. The van der Waals surface area contributed by atoms with E-state index in [4.69, 9.17) is 5.21 Å². The molecule has 1 fully saturated rings. The lowest BCUT2D eigenvalue weighted by molar-refractivity contribution is 0.300. The molecule has 7 heteroatoms. The first-order valence-corrected chi connectivity index (χ1v) is 8.22. The molecule has 1 aliphatic heterocycles. The minimum atomic E-state index is -3.29. The first-order valence-electron chi connectivity index (χ1n) is 6.61. The van der Waals surface area contributed by atoms with E-state index in [1.165, 1.54) is 4.31 Å². The molecule has 1 aromatic heterocycles. The summed E-state index contributed by atoms with van der Waals surface area (Å²) in [5, 5.41) is 12.0. The summed E-state index contributed by atoms with van der Waals surface area (Å²) < 4.78 is 26.1. The topological polar surface area (TPSA) is 82.9 Å². The molecule has 2 heterocycles. The van der Waals surface area contributed by atoms with Crippen molar-refractivity contribution >= 4 is 15.7 Å². The van der Waals surface area contributed by atoms with Crippen molar-refractivity contribution in [2.45, 2.75) is 19.8 Å². The summed E-state index contributed by atoms with van der Waals surface area (Å²) in [6.07, 6.45) is 2.56. The van der Waals surface area contributed by atoms with Gasteiger partial charge in [-0.15, -0.1) is 0 Å². The second-order valence-corrected chi connectivity index (χ2v) is 7.08. The number of rotatable bonds is 4. The summed E-state index contributed by atoms with van der Waals surface area (Å²) in [4.78, 5) is 4.13. The maximum atomic E-state index is 12.3. The fraction of sp³-hybridized carbons (Fsp3) is 0.538. The van der Waals surface area contributed by atoms with Gasteiger partial charge in [0.1, 0.15) is 0 Å². The van der Waals surface area contributed by atoms with Crippen LogP contribution >= 0.6 is 0 Å². The number of hydrogen-bond acceptors (Lipinski definition) is 5. The van der Waals surface area contributed by atoms with Crippen LogP contribution in [0.3, 0.4) is 0 Å². The Morgan fingerprint density at radius 2 is 2.30 bits per heavy atom. The van der Waals surface area contributed by atoms with Gasteiger partial charge in [-0.1, -0.05) is 18.1 Å². The molecule has 2 rings (SSSR count). The van der Waals surface area contributed by atoms with Crippen LogP contribution in [0.2, 0.25) is 0 Å². The summed E-state index contributed by atoms with van der Waals surface area (Å²) in [7, 11) is -3.29.